The van der Waals surface area contributed by atoms with Crippen molar-refractivity contribution >= 4 is 82.1 Å². The molecule has 116 heavy (non-hydrogen) atoms. The molecule has 638 valence electrons. The predicted octanol–water partition coefficient (Wildman–Crippen LogP) is 1.00. The van der Waals surface area contributed by atoms with E-state index in [2.05, 4.69) is 40.9 Å². The smallest absolute Gasteiger partial charge is 0.410 e. The van der Waals surface area contributed by atoms with Crippen LogP contribution in [0.15, 0.2) is 84.3 Å². The fourth-order valence-electron chi connectivity index (χ4n) is 12.7. The van der Waals surface area contributed by atoms with Crippen LogP contribution in [0.4, 0.5) is 16.4 Å². The van der Waals surface area contributed by atoms with Crippen molar-refractivity contribution in [2.24, 2.45) is 11.8 Å². The van der Waals surface area contributed by atoms with Gasteiger partial charge in [-0.15, -0.1) is 0 Å². The summed E-state index contributed by atoms with van der Waals surface area (Å²) in [5.41, 5.74) is -0.824. The van der Waals surface area contributed by atoms with Gasteiger partial charge in [0.25, 0.3) is 23.3 Å². The number of H-pyrrole nitrogens is 1. The molecule has 4 aliphatic rings. The summed E-state index contributed by atoms with van der Waals surface area (Å²) >= 11 is 0. The number of imidazole rings is 1. The standard InChI is InChI=1S/C73H101N11O30P2/c1-100-21-22-102-25-26-104-29-30-106-33-34-107-32-31-105-28-27-103-24-23-101-20-19-82(73(98)108-40-45-10-11-53(112-54-38-50(71(96)97)62(90)65(93)63(54)91)51(35-45)78-57(87)14-17-75-56(86)9-3-2-6-18-83-59(88)12-13-60(83)89)39-46-7-4-5-8-49(46)68(94)80-72-79-67-61(69(95)81-72)77-44-84(67)70-66(64(92)55(113-70)42-109-115)114-116(99)110-41-47-36-48(37-52(47)85)111-58-15-16-74-43-76-58/h4-5,7-8,10-13,15-16,35,43-44,47-48,50,52,54-55,62-66,70,85,90-93,116H,2-3,6,9,14,17-34,36-42,115H2,1H3,(H,75,86)(H,78,87)(H,96,97)(H2,79,80,81,94,95)/t47-,48-,50+,52+,54-,55-,62-,63+,64-,65+,66-,70-/m1/s1. The molecular formula is C73H101N11O30P2. The minimum absolute atomic E-state index is 0.0107. The van der Waals surface area contributed by atoms with Gasteiger partial charge >= 0.3 is 20.3 Å². The average molecular weight is 1670 g/mol. The number of carboxylic acid groups (broad SMARTS) is 1. The number of amides is 6. The Balaban J connectivity index is 0.841. The van der Waals surface area contributed by atoms with E-state index in [1.54, 1.807) is 31.4 Å². The number of rotatable bonds is 53. The third kappa shape index (κ3) is 28.4. The number of anilines is 2. The predicted molar refractivity (Wildman–Crippen MR) is 407 cm³/mol. The van der Waals surface area contributed by atoms with Crippen LogP contribution >= 0.6 is 17.7 Å². The van der Waals surface area contributed by atoms with Gasteiger partial charge in [-0.3, -0.25) is 62.4 Å². The molecule has 41 nitrogen and oxygen atoms in total. The number of unbranched alkanes of at least 4 members (excludes halogenated alkanes) is 2. The molecule has 2 aliphatic heterocycles. The summed E-state index contributed by atoms with van der Waals surface area (Å²) in [7, 11) is 0.181. The molecule has 3 fully saturated rings. The number of carbonyl (C=O) groups is 7. The van der Waals surface area contributed by atoms with Crippen molar-refractivity contribution in [1.82, 2.24) is 44.6 Å². The van der Waals surface area contributed by atoms with E-state index in [9.17, 15) is 73.6 Å². The molecule has 5 aromatic rings. The van der Waals surface area contributed by atoms with Crippen molar-refractivity contribution in [1.29, 1.82) is 0 Å². The molecule has 5 heterocycles. The molecule has 2 aliphatic carbocycles. The monoisotopic (exact) mass is 1670 g/mol. The number of fused-ring (bicyclic) bond motifs is 1. The Kier molecular flexibility index (Phi) is 38.1. The summed E-state index contributed by atoms with van der Waals surface area (Å²) in [5.74, 6) is -6.40. The van der Waals surface area contributed by atoms with Gasteiger partial charge in [0.2, 0.25) is 23.6 Å². The van der Waals surface area contributed by atoms with Crippen molar-refractivity contribution in [3.05, 3.63) is 107 Å². The molecule has 43 heteroatoms. The molecule has 2 saturated carbocycles. The van der Waals surface area contributed by atoms with Gasteiger partial charge < -0.3 is 112 Å². The van der Waals surface area contributed by atoms with Crippen molar-refractivity contribution < 1.29 is 139 Å². The molecule has 3 aromatic heterocycles. The first kappa shape index (κ1) is 91.4. The maximum Gasteiger partial charge on any atom is 0.410 e. The van der Waals surface area contributed by atoms with Crippen molar-refractivity contribution in [3.8, 4) is 11.6 Å². The summed E-state index contributed by atoms with van der Waals surface area (Å²) in [6.07, 6.45) is -6.92. The summed E-state index contributed by atoms with van der Waals surface area (Å²) in [6, 6.07) is 11.9. The number of carbonyl (C=O) groups excluding carboxylic acids is 6. The number of benzene rings is 2. The summed E-state index contributed by atoms with van der Waals surface area (Å²) in [5, 5.41) is 72.4. The van der Waals surface area contributed by atoms with E-state index >= 15 is 0 Å². The van der Waals surface area contributed by atoms with Gasteiger partial charge in [0.15, 0.2) is 17.4 Å². The molecule has 6 amide bonds. The van der Waals surface area contributed by atoms with Crippen LogP contribution in [0.3, 0.4) is 0 Å². The molecule has 0 bridgehead atoms. The number of imide groups is 1. The Labute approximate surface area is 668 Å². The number of aliphatic hydroxyl groups excluding tert-OH is 5. The number of hydrogen-bond donors (Lipinski definition) is 10. The first-order valence-corrected chi connectivity index (χ1v) is 39.5. The van der Waals surface area contributed by atoms with E-state index in [1.165, 1.54) is 64.7 Å². The Hall–Kier alpha value is -8.52. The zero-order valence-corrected chi connectivity index (χ0v) is 66.0. The first-order valence-electron chi connectivity index (χ1n) is 37.8. The molecule has 10 N–H and O–H groups in total. The number of aliphatic carboxylic acids is 1. The van der Waals surface area contributed by atoms with Crippen LogP contribution < -0.4 is 31.0 Å². The van der Waals surface area contributed by atoms with Gasteiger partial charge in [0.05, 0.1) is 142 Å². The van der Waals surface area contributed by atoms with Crippen molar-refractivity contribution in [2.75, 3.05) is 150 Å². The first-order chi connectivity index (χ1) is 56.2. The van der Waals surface area contributed by atoms with E-state index in [1.807, 2.05) is 9.47 Å². The maximum absolute atomic E-state index is 14.5. The highest BCUT2D eigenvalue weighted by Crippen LogP contribution is 2.42. The molecule has 0 radical (unpaired) electrons. The Morgan fingerprint density at radius 2 is 1.40 bits per heavy atom. The molecule has 9 rings (SSSR count). The van der Waals surface area contributed by atoms with Crippen LogP contribution in [0.1, 0.15) is 79.1 Å². The highest BCUT2D eigenvalue weighted by atomic mass is 31.1. The fourth-order valence-corrected chi connectivity index (χ4v) is 13.8. The zero-order chi connectivity index (χ0) is 82.7. The Bertz CT molecular complexity index is 4060. The quantitative estimate of drug-likeness (QED) is 0.0147. The number of aliphatic hydroxyl groups is 5. The Morgan fingerprint density at radius 3 is 2.05 bits per heavy atom. The fraction of sp³-hybridized carbons (Fsp3) is 0.589. The average Bonchev–Trinajstić information content (AvgIpc) is 1.60. The number of aromatic nitrogens is 6. The van der Waals surface area contributed by atoms with Gasteiger partial charge in [-0.05, 0) is 48.6 Å². The lowest BCUT2D eigenvalue weighted by Crippen LogP contribution is -2.57. The van der Waals surface area contributed by atoms with Crippen molar-refractivity contribution in [2.45, 2.75) is 126 Å². The van der Waals surface area contributed by atoms with Crippen LogP contribution in [0.2, 0.25) is 0 Å². The molecule has 1 saturated heterocycles. The molecule has 14 atom stereocenters. The van der Waals surface area contributed by atoms with Gasteiger partial charge in [-0.25, -0.2) is 19.7 Å². The number of aromatic amines is 1. The molecule has 0 spiro atoms. The highest BCUT2D eigenvalue weighted by Gasteiger charge is 2.49. The number of hydrogen-bond acceptors (Lipinski definition) is 33. The van der Waals surface area contributed by atoms with Crippen LogP contribution in [0.5, 0.6) is 11.6 Å². The normalized spacial score (nSPS) is 22.1. The second-order valence-electron chi connectivity index (χ2n) is 27.0. The zero-order valence-electron chi connectivity index (χ0n) is 63.8. The largest absolute Gasteiger partial charge is 0.485 e. The Morgan fingerprint density at radius 1 is 0.724 bits per heavy atom. The minimum atomic E-state index is -3.46. The van der Waals surface area contributed by atoms with Gasteiger partial charge in [0, 0.05) is 104 Å². The molecule has 2 unspecified atom stereocenters. The van der Waals surface area contributed by atoms with Gasteiger partial charge in [-0.2, -0.15) is 4.98 Å². The topological polar surface area (TPSA) is 528 Å². The van der Waals surface area contributed by atoms with Gasteiger partial charge in [-0.1, -0.05) is 30.7 Å². The summed E-state index contributed by atoms with van der Waals surface area (Å²) in [4.78, 5) is 127. The van der Waals surface area contributed by atoms with Crippen LogP contribution in [-0.4, -0.2) is 306 Å². The van der Waals surface area contributed by atoms with Crippen LogP contribution in [0.25, 0.3) is 11.2 Å². The second kappa shape index (κ2) is 48.4. The van der Waals surface area contributed by atoms with E-state index in [4.69, 9.17) is 70.4 Å². The lowest BCUT2D eigenvalue weighted by Gasteiger charge is -2.38. The van der Waals surface area contributed by atoms with Gasteiger partial charge in [0.1, 0.15) is 61.4 Å². The SMILES string of the molecule is COCCOCCOCCOCCOCCOCCOCCOCCN(Cc1ccccc1C(=O)Nc1nc2c(ncn2[C@@H]2O[C@H](COP)[C@@H](O)[C@H]2O[PH](=O)OC[C@H]2C[C@@H](Oc3ccncn3)C[C@@H]2O)c(=O)[nH]1)C(=O)OCc1ccc(O[C@@H]2C[C@H](C(=O)O)[C@@H](O)[C@H](O)[C@H]2O)c(NC(=O)CCNC(=O)CCCCCN2C(=O)C=CC2=O)c1. The third-order valence-electron chi connectivity index (χ3n) is 18.8. The number of nitrogens with one attached hydrogen (secondary N) is 4. The lowest BCUT2D eigenvalue weighted by molar-refractivity contribution is -0.174. The number of nitrogens with zero attached hydrogens (tertiary/aromatic N) is 7. The van der Waals surface area contributed by atoms with Crippen molar-refractivity contribution in [3.63, 3.8) is 0 Å². The third-order valence-corrected chi connectivity index (χ3v) is 19.8. The van der Waals surface area contributed by atoms with Crippen LogP contribution in [-0.2, 0) is 103 Å². The van der Waals surface area contributed by atoms with Crippen LogP contribution in [0, 0.1) is 11.8 Å². The van der Waals surface area contributed by atoms with E-state index < -0.39 is 136 Å². The van der Waals surface area contributed by atoms with E-state index in [0.29, 0.717) is 97.6 Å². The molecular weight excluding hydrogens is 1570 g/mol. The maximum atomic E-state index is 14.5. The molecule has 2 aromatic carbocycles. The van der Waals surface area contributed by atoms with E-state index in [0.717, 1.165) is 4.90 Å². The number of methoxy groups -OCH3 is 1. The summed E-state index contributed by atoms with van der Waals surface area (Å²) < 4.78 is 99.6. The lowest BCUT2D eigenvalue weighted by atomic mass is 9.80. The second-order valence-corrected chi connectivity index (χ2v) is 28.3. The number of carboxylic acids is 1. The minimum Gasteiger partial charge on any atom is -0.485 e. The highest BCUT2D eigenvalue weighted by molar-refractivity contribution is 7.33. The number of ether oxygens (including phenoxy) is 12. The summed E-state index contributed by atoms with van der Waals surface area (Å²) in [6.45, 7) is 3.46. The van der Waals surface area contributed by atoms with E-state index in [-0.39, 0.29) is 143 Å².